The average molecular weight is 424 g/mol. The average Bonchev–Trinajstić information content (AvgIpc) is 3.16. The smallest absolute Gasteiger partial charge is 0.234 e. The minimum absolute atomic E-state index is 0.118. The molecule has 156 valence electrons. The Morgan fingerprint density at radius 1 is 1.10 bits per heavy atom. The number of imidazole rings is 1. The van der Waals surface area contributed by atoms with Crippen LogP contribution >= 0.6 is 11.8 Å². The second-order valence-corrected chi connectivity index (χ2v) is 8.01. The van der Waals surface area contributed by atoms with E-state index in [1.165, 1.54) is 30.3 Å². The topological polar surface area (TPSA) is 65.4 Å². The summed E-state index contributed by atoms with van der Waals surface area (Å²) in [5.74, 6) is 1.39. The van der Waals surface area contributed by atoms with E-state index in [0.717, 1.165) is 29.4 Å². The zero-order chi connectivity index (χ0) is 20.9. The van der Waals surface area contributed by atoms with Gasteiger partial charge >= 0.3 is 0 Å². The van der Waals surface area contributed by atoms with Gasteiger partial charge in [-0.25, -0.2) is 4.98 Å². The summed E-state index contributed by atoms with van der Waals surface area (Å²) in [7, 11) is 3.17. The molecule has 1 amide bonds. The number of fused-ring (bicyclic) bond motifs is 1. The number of benzene rings is 2. The molecule has 0 bridgehead atoms. The number of methoxy groups -OCH3 is 2. The van der Waals surface area contributed by atoms with Crippen molar-refractivity contribution in [2.45, 2.75) is 30.8 Å². The number of aromatic nitrogens is 2. The van der Waals surface area contributed by atoms with E-state index >= 15 is 0 Å². The van der Waals surface area contributed by atoms with Crippen LogP contribution in [0.2, 0.25) is 0 Å². The molecule has 1 heterocycles. The Bertz CT molecular complexity index is 1030. The zero-order valence-electron chi connectivity index (χ0n) is 17.2. The van der Waals surface area contributed by atoms with E-state index in [1.807, 2.05) is 18.2 Å². The molecule has 0 spiro atoms. The zero-order valence-corrected chi connectivity index (χ0v) is 18.0. The number of hydrogen-bond donors (Lipinski definition) is 1. The van der Waals surface area contributed by atoms with Crippen molar-refractivity contribution < 1.29 is 14.3 Å². The highest BCUT2D eigenvalue weighted by atomic mass is 32.2. The van der Waals surface area contributed by atoms with Crippen LogP contribution in [0.5, 0.6) is 11.5 Å². The van der Waals surface area contributed by atoms with Crippen molar-refractivity contribution >= 4 is 23.4 Å². The van der Waals surface area contributed by atoms with Crippen LogP contribution in [-0.2, 0) is 17.6 Å². The van der Waals surface area contributed by atoms with Crippen LogP contribution in [0.25, 0.3) is 5.69 Å². The lowest BCUT2D eigenvalue weighted by Crippen LogP contribution is -2.15. The SMILES string of the molecule is COc1ccc(OC)c(NC(=O)CSc2nc3c(n2-c2ccccc2)CCCC3)c1. The maximum Gasteiger partial charge on any atom is 0.234 e. The number of thioether (sulfide) groups is 1. The molecular formula is C23H25N3O3S. The Balaban J connectivity index is 1.53. The standard InChI is InChI=1S/C23H25N3O3S/c1-28-17-12-13-21(29-2)19(14-17)24-22(27)15-30-23-25-18-10-6-7-11-20(18)26(23)16-8-4-3-5-9-16/h3-5,8-9,12-14H,6-7,10-11,15H2,1-2H3,(H,24,27). The van der Waals surface area contributed by atoms with Crippen LogP contribution in [-0.4, -0.2) is 35.4 Å². The van der Waals surface area contributed by atoms with Gasteiger partial charge in [0.05, 0.1) is 31.4 Å². The molecule has 1 N–H and O–H groups in total. The fraction of sp³-hybridized carbons (Fsp3) is 0.304. The van der Waals surface area contributed by atoms with E-state index in [9.17, 15) is 4.79 Å². The van der Waals surface area contributed by atoms with Gasteiger partial charge in [-0.3, -0.25) is 9.36 Å². The van der Waals surface area contributed by atoms with Crippen LogP contribution in [0.1, 0.15) is 24.2 Å². The molecular weight excluding hydrogens is 398 g/mol. The lowest BCUT2D eigenvalue weighted by molar-refractivity contribution is -0.113. The second kappa shape index (κ2) is 9.26. The maximum atomic E-state index is 12.7. The highest BCUT2D eigenvalue weighted by molar-refractivity contribution is 7.99. The number of aryl methyl sites for hydroxylation is 1. The molecule has 0 fully saturated rings. The van der Waals surface area contributed by atoms with E-state index in [2.05, 4.69) is 22.0 Å². The quantitative estimate of drug-likeness (QED) is 0.567. The van der Waals surface area contributed by atoms with Crippen molar-refractivity contribution in [3.05, 3.63) is 59.9 Å². The predicted octanol–water partition coefficient (Wildman–Crippen LogP) is 4.50. The molecule has 0 saturated carbocycles. The molecule has 1 aliphatic rings. The van der Waals surface area contributed by atoms with Gasteiger partial charge in [-0.05, 0) is 49.9 Å². The number of nitrogens with zero attached hydrogens (tertiary/aromatic N) is 2. The third-order valence-corrected chi connectivity index (χ3v) is 6.07. The molecule has 6 nitrogen and oxygen atoms in total. The van der Waals surface area contributed by atoms with Gasteiger partial charge in [-0.1, -0.05) is 30.0 Å². The molecule has 7 heteroatoms. The van der Waals surface area contributed by atoms with Gasteiger partial charge in [-0.2, -0.15) is 0 Å². The highest BCUT2D eigenvalue weighted by Gasteiger charge is 2.22. The summed E-state index contributed by atoms with van der Waals surface area (Å²) in [6.45, 7) is 0. The number of anilines is 1. The maximum absolute atomic E-state index is 12.7. The molecule has 0 unspecified atom stereocenters. The molecule has 1 aromatic heterocycles. The van der Waals surface area contributed by atoms with Crippen molar-refractivity contribution in [1.82, 2.24) is 9.55 Å². The number of carbonyl (C=O) groups is 1. The summed E-state index contributed by atoms with van der Waals surface area (Å²) in [5, 5.41) is 3.79. The van der Waals surface area contributed by atoms with Gasteiger partial charge in [0.2, 0.25) is 5.91 Å². The van der Waals surface area contributed by atoms with Crippen LogP contribution in [0.3, 0.4) is 0 Å². The second-order valence-electron chi connectivity index (χ2n) is 7.07. The van der Waals surface area contributed by atoms with Crippen LogP contribution in [0.15, 0.2) is 53.7 Å². The number of carbonyl (C=O) groups excluding carboxylic acids is 1. The van der Waals surface area contributed by atoms with E-state index in [4.69, 9.17) is 14.5 Å². The number of nitrogens with one attached hydrogen (secondary N) is 1. The van der Waals surface area contributed by atoms with Gasteiger partial charge in [0.1, 0.15) is 11.5 Å². The number of ether oxygens (including phenoxy) is 2. The first-order chi connectivity index (χ1) is 14.7. The Morgan fingerprint density at radius 2 is 1.90 bits per heavy atom. The first-order valence-corrected chi connectivity index (χ1v) is 11.0. The number of amides is 1. The molecule has 4 rings (SSSR count). The number of hydrogen-bond acceptors (Lipinski definition) is 5. The van der Waals surface area contributed by atoms with Crippen LogP contribution < -0.4 is 14.8 Å². The Hall–Kier alpha value is -2.93. The molecule has 0 aliphatic heterocycles. The van der Waals surface area contributed by atoms with Crippen molar-refractivity contribution in [3.8, 4) is 17.2 Å². The summed E-state index contributed by atoms with van der Waals surface area (Å²) in [4.78, 5) is 17.5. The third kappa shape index (κ3) is 4.31. The van der Waals surface area contributed by atoms with E-state index in [1.54, 1.807) is 32.4 Å². The molecule has 2 aromatic carbocycles. The fourth-order valence-corrected chi connectivity index (χ4v) is 4.54. The van der Waals surface area contributed by atoms with Gasteiger partial charge in [0.15, 0.2) is 5.16 Å². The van der Waals surface area contributed by atoms with E-state index < -0.39 is 0 Å². The Kier molecular flexibility index (Phi) is 6.28. The molecule has 3 aromatic rings. The lowest BCUT2D eigenvalue weighted by Gasteiger charge is -2.15. The van der Waals surface area contributed by atoms with E-state index in [0.29, 0.717) is 17.2 Å². The largest absolute Gasteiger partial charge is 0.497 e. The summed E-state index contributed by atoms with van der Waals surface area (Å²) in [5.41, 5.74) is 4.10. The fourth-order valence-electron chi connectivity index (χ4n) is 3.68. The lowest BCUT2D eigenvalue weighted by atomic mass is 10.0. The Morgan fingerprint density at radius 3 is 2.67 bits per heavy atom. The van der Waals surface area contributed by atoms with Crippen molar-refractivity contribution in [2.24, 2.45) is 0 Å². The summed E-state index contributed by atoms with van der Waals surface area (Å²) in [6.07, 6.45) is 4.35. The van der Waals surface area contributed by atoms with Crippen molar-refractivity contribution in [3.63, 3.8) is 0 Å². The summed E-state index contributed by atoms with van der Waals surface area (Å²) < 4.78 is 12.8. The number of para-hydroxylation sites is 1. The van der Waals surface area contributed by atoms with Crippen LogP contribution in [0.4, 0.5) is 5.69 Å². The Labute approximate surface area is 180 Å². The molecule has 0 saturated heterocycles. The molecule has 0 radical (unpaired) electrons. The highest BCUT2D eigenvalue weighted by Crippen LogP contribution is 2.32. The van der Waals surface area contributed by atoms with Crippen molar-refractivity contribution in [1.29, 1.82) is 0 Å². The summed E-state index contributed by atoms with van der Waals surface area (Å²) >= 11 is 1.45. The van der Waals surface area contributed by atoms with Gasteiger partial charge in [0, 0.05) is 17.4 Å². The minimum atomic E-state index is -0.118. The minimum Gasteiger partial charge on any atom is -0.497 e. The molecule has 1 aliphatic carbocycles. The van der Waals surface area contributed by atoms with Gasteiger partial charge in [-0.15, -0.1) is 0 Å². The van der Waals surface area contributed by atoms with E-state index in [-0.39, 0.29) is 11.7 Å². The van der Waals surface area contributed by atoms with Crippen LogP contribution in [0, 0.1) is 0 Å². The molecule has 30 heavy (non-hydrogen) atoms. The van der Waals surface area contributed by atoms with Gasteiger partial charge < -0.3 is 14.8 Å². The monoisotopic (exact) mass is 423 g/mol. The summed E-state index contributed by atoms with van der Waals surface area (Å²) in [6, 6.07) is 15.6. The van der Waals surface area contributed by atoms with Crippen molar-refractivity contribution in [2.75, 3.05) is 25.3 Å². The number of rotatable bonds is 7. The first kappa shape index (κ1) is 20.3. The predicted molar refractivity (Wildman–Crippen MR) is 119 cm³/mol. The normalized spacial score (nSPS) is 12.9. The first-order valence-electron chi connectivity index (χ1n) is 10.00. The molecule has 0 atom stereocenters. The van der Waals surface area contributed by atoms with Gasteiger partial charge in [0.25, 0.3) is 0 Å². The third-order valence-electron chi connectivity index (χ3n) is 5.13.